The van der Waals surface area contributed by atoms with Gasteiger partial charge in [-0.3, -0.25) is 0 Å². The Morgan fingerprint density at radius 1 is 1.38 bits per heavy atom. The minimum atomic E-state index is -3.73. The molecule has 0 spiro atoms. The first-order chi connectivity index (χ1) is 7.18. The molecule has 92 valence electrons. The smallest absolute Gasteiger partial charge is 0.271 e. The second kappa shape index (κ2) is 4.57. The Hall–Kier alpha value is -0.850. The number of sulfonamides is 1. The van der Waals surface area contributed by atoms with Gasteiger partial charge < -0.3 is 9.73 Å². The zero-order valence-electron chi connectivity index (χ0n) is 9.78. The molecule has 0 aliphatic heterocycles. The molecule has 0 bridgehead atoms. The number of furan rings is 1. The van der Waals surface area contributed by atoms with E-state index in [1.54, 1.807) is 6.07 Å². The summed E-state index contributed by atoms with van der Waals surface area (Å²) >= 11 is 0. The van der Waals surface area contributed by atoms with E-state index >= 15 is 0 Å². The van der Waals surface area contributed by atoms with Gasteiger partial charge in [-0.2, -0.15) is 0 Å². The maximum absolute atomic E-state index is 10.9. The van der Waals surface area contributed by atoms with Crippen LogP contribution in [0.3, 0.4) is 0 Å². The van der Waals surface area contributed by atoms with Gasteiger partial charge in [0.2, 0.25) is 5.09 Å². The summed E-state index contributed by atoms with van der Waals surface area (Å²) in [4.78, 5) is 0. The number of hydrogen-bond donors (Lipinski definition) is 2. The van der Waals surface area contributed by atoms with Gasteiger partial charge in [0.15, 0.2) is 0 Å². The van der Waals surface area contributed by atoms with E-state index in [0.717, 1.165) is 6.54 Å². The van der Waals surface area contributed by atoms with Crippen LogP contribution in [-0.4, -0.2) is 15.0 Å². The summed E-state index contributed by atoms with van der Waals surface area (Å²) in [7, 11) is -3.73. The number of hydrogen-bond acceptors (Lipinski definition) is 4. The van der Waals surface area contributed by atoms with Crippen molar-refractivity contribution in [2.45, 2.75) is 32.4 Å². The fraction of sp³-hybridized carbons (Fsp3) is 0.600. The van der Waals surface area contributed by atoms with Gasteiger partial charge in [0, 0.05) is 6.54 Å². The Kier molecular flexibility index (Phi) is 3.77. The number of nitrogens with one attached hydrogen (secondary N) is 1. The summed E-state index contributed by atoms with van der Waals surface area (Å²) in [5.41, 5.74) is 0.176. The van der Waals surface area contributed by atoms with Crippen molar-refractivity contribution < 1.29 is 12.8 Å². The lowest BCUT2D eigenvalue weighted by Crippen LogP contribution is -2.26. The minimum Gasteiger partial charge on any atom is -0.447 e. The average Bonchev–Trinajstić information content (AvgIpc) is 2.49. The van der Waals surface area contributed by atoms with Crippen molar-refractivity contribution in [1.29, 1.82) is 0 Å². The molecule has 1 aromatic rings. The largest absolute Gasteiger partial charge is 0.447 e. The van der Waals surface area contributed by atoms with E-state index in [-0.39, 0.29) is 10.5 Å². The summed E-state index contributed by atoms with van der Waals surface area (Å²) < 4.78 is 27.0. The minimum absolute atomic E-state index is 0.176. The van der Waals surface area contributed by atoms with Crippen molar-refractivity contribution in [3.05, 3.63) is 17.9 Å². The molecule has 1 heterocycles. The van der Waals surface area contributed by atoms with Crippen LogP contribution in [0.4, 0.5) is 0 Å². The first kappa shape index (κ1) is 13.2. The molecule has 5 nitrogen and oxygen atoms in total. The fourth-order valence-corrected chi connectivity index (χ4v) is 1.65. The Morgan fingerprint density at radius 3 is 2.44 bits per heavy atom. The van der Waals surface area contributed by atoms with E-state index < -0.39 is 10.0 Å². The van der Waals surface area contributed by atoms with E-state index in [1.807, 2.05) is 0 Å². The highest BCUT2D eigenvalue weighted by molar-refractivity contribution is 7.89. The molecule has 6 heteroatoms. The lowest BCUT2D eigenvalue weighted by Gasteiger charge is -2.18. The lowest BCUT2D eigenvalue weighted by atomic mass is 9.97. The number of rotatable bonds is 4. The van der Waals surface area contributed by atoms with Crippen LogP contribution in [0.15, 0.2) is 21.6 Å². The van der Waals surface area contributed by atoms with Crippen molar-refractivity contribution >= 4 is 10.0 Å². The van der Waals surface area contributed by atoms with E-state index in [2.05, 4.69) is 26.1 Å². The SMILES string of the molecule is CC(C)(C)CNCc1ccc(S(N)(=O)=O)o1. The van der Waals surface area contributed by atoms with Crippen LogP contribution in [0.2, 0.25) is 0 Å². The summed E-state index contributed by atoms with van der Waals surface area (Å²) in [6.45, 7) is 7.64. The molecule has 0 amide bonds. The first-order valence-corrected chi connectivity index (χ1v) is 6.55. The summed E-state index contributed by atoms with van der Waals surface area (Å²) in [5, 5.41) is 7.91. The molecule has 0 saturated heterocycles. The fourth-order valence-electron chi connectivity index (χ4n) is 1.17. The molecule has 0 atom stereocenters. The third-order valence-corrected chi connectivity index (χ3v) is 2.65. The average molecular weight is 246 g/mol. The van der Waals surface area contributed by atoms with E-state index in [1.165, 1.54) is 6.07 Å². The number of primary sulfonamides is 1. The summed E-state index contributed by atoms with van der Waals surface area (Å²) in [5.74, 6) is 0.563. The Balaban J connectivity index is 2.54. The molecule has 0 aliphatic carbocycles. The van der Waals surface area contributed by atoms with Crippen molar-refractivity contribution in [3.8, 4) is 0 Å². The van der Waals surface area contributed by atoms with Crippen LogP contribution >= 0.6 is 0 Å². The Bertz CT molecular complexity index is 443. The van der Waals surface area contributed by atoms with Crippen molar-refractivity contribution in [2.24, 2.45) is 10.6 Å². The molecule has 0 unspecified atom stereocenters. The highest BCUT2D eigenvalue weighted by Crippen LogP contribution is 2.13. The molecule has 0 aliphatic rings. The maximum Gasteiger partial charge on any atom is 0.271 e. The molecule has 0 saturated carbocycles. The van der Waals surface area contributed by atoms with Gasteiger partial charge in [-0.1, -0.05) is 20.8 Å². The highest BCUT2D eigenvalue weighted by Gasteiger charge is 2.14. The molecule has 1 aromatic heterocycles. The van der Waals surface area contributed by atoms with Gasteiger partial charge in [-0.15, -0.1) is 0 Å². The van der Waals surface area contributed by atoms with E-state index in [9.17, 15) is 8.42 Å². The van der Waals surface area contributed by atoms with Crippen LogP contribution in [-0.2, 0) is 16.6 Å². The van der Waals surface area contributed by atoms with Crippen molar-refractivity contribution in [1.82, 2.24) is 5.32 Å². The zero-order chi connectivity index (χ0) is 12.4. The molecular formula is C10H18N2O3S. The van der Waals surface area contributed by atoms with E-state index in [4.69, 9.17) is 9.56 Å². The van der Waals surface area contributed by atoms with Gasteiger partial charge in [0.05, 0.1) is 6.54 Å². The normalized spacial score (nSPS) is 13.0. The molecule has 0 fully saturated rings. The molecular weight excluding hydrogens is 228 g/mol. The van der Waals surface area contributed by atoms with Gasteiger partial charge in [-0.25, -0.2) is 13.6 Å². The third kappa shape index (κ3) is 4.34. The Labute approximate surface area is 96.1 Å². The summed E-state index contributed by atoms with van der Waals surface area (Å²) in [6, 6.07) is 2.97. The monoisotopic (exact) mass is 246 g/mol. The standard InChI is InChI=1S/C10H18N2O3S/c1-10(2,3)7-12-6-8-4-5-9(15-8)16(11,13)14/h4-5,12H,6-7H2,1-3H3,(H2,11,13,14). The second-order valence-electron chi connectivity index (χ2n) is 4.93. The quantitative estimate of drug-likeness (QED) is 0.832. The topological polar surface area (TPSA) is 85.3 Å². The molecule has 1 rings (SSSR count). The molecule has 16 heavy (non-hydrogen) atoms. The lowest BCUT2D eigenvalue weighted by molar-refractivity contribution is 0.353. The van der Waals surface area contributed by atoms with Crippen LogP contribution in [0, 0.1) is 5.41 Å². The summed E-state index contributed by atoms with van der Waals surface area (Å²) in [6.07, 6.45) is 0. The second-order valence-corrected chi connectivity index (χ2v) is 6.42. The predicted octanol–water partition coefficient (Wildman–Crippen LogP) is 1.06. The highest BCUT2D eigenvalue weighted by atomic mass is 32.2. The first-order valence-electron chi connectivity index (χ1n) is 5.01. The maximum atomic E-state index is 10.9. The van der Waals surface area contributed by atoms with Crippen LogP contribution in [0.25, 0.3) is 0 Å². The van der Waals surface area contributed by atoms with E-state index in [0.29, 0.717) is 12.3 Å². The van der Waals surface area contributed by atoms with Gasteiger partial charge in [0.25, 0.3) is 10.0 Å². The molecule has 3 N–H and O–H groups in total. The number of nitrogens with two attached hydrogens (primary N) is 1. The molecule has 0 radical (unpaired) electrons. The van der Waals surface area contributed by atoms with Crippen molar-refractivity contribution in [2.75, 3.05) is 6.54 Å². The van der Waals surface area contributed by atoms with Crippen molar-refractivity contribution in [3.63, 3.8) is 0 Å². The van der Waals surface area contributed by atoms with Crippen LogP contribution in [0.1, 0.15) is 26.5 Å². The van der Waals surface area contributed by atoms with Gasteiger partial charge >= 0.3 is 0 Å². The zero-order valence-corrected chi connectivity index (χ0v) is 10.6. The molecule has 0 aromatic carbocycles. The van der Waals surface area contributed by atoms with Gasteiger partial charge in [0.1, 0.15) is 5.76 Å². The van der Waals surface area contributed by atoms with Gasteiger partial charge in [-0.05, 0) is 17.5 Å². The third-order valence-electron chi connectivity index (χ3n) is 1.87. The Morgan fingerprint density at radius 2 is 2.00 bits per heavy atom. The predicted molar refractivity (Wildman–Crippen MR) is 61.2 cm³/mol. The van der Waals surface area contributed by atoms with Crippen LogP contribution in [0.5, 0.6) is 0 Å². The van der Waals surface area contributed by atoms with Crippen LogP contribution < -0.4 is 10.5 Å².